The van der Waals surface area contributed by atoms with Crippen molar-refractivity contribution in [3.63, 3.8) is 0 Å². The first-order valence-corrected chi connectivity index (χ1v) is 7.80. The third-order valence-electron chi connectivity index (χ3n) is 3.48. The standard InChI is InChI=1S/C18H19N5O2/c1-23(2)16-8-4-7-15(21-16)12-20-18(24)22-14-6-3-5-13(11-14)17-19-9-10-25-17/h3-11H,12H2,1-2H3,(H2,20,22,24). The van der Waals surface area contributed by atoms with Crippen LogP contribution in [0.1, 0.15) is 5.69 Å². The van der Waals surface area contributed by atoms with E-state index in [0.29, 0.717) is 18.1 Å². The molecule has 2 heterocycles. The number of benzene rings is 1. The molecule has 2 N–H and O–H groups in total. The fraction of sp³-hybridized carbons (Fsp3) is 0.167. The Hall–Kier alpha value is -3.35. The molecule has 0 unspecified atom stereocenters. The van der Waals surface area contributed by atoms with Crippen LogP contribution in [0.3, 0.4) is 0 Å². The van der Waals surface area contributed by atoms with Gasteiger partial charge in [0.2, 0.25) is 5.89 Å². The van der Waals surface area contributed by atoms with Gasteiger partial charge in [0, 0.05) is 25.3 Å². The van der Waals surface area contributed by atoms with Gasteiger partial charge in [-0.05, 0) is 30.3 Å². The van der Waals surface area contributed by atoms with Gasteiger partial charge in [0.15, 0.2) is 0 Å². The number of hydrogen-bond acceptors (Lipinski definition) is 5. The number of carbonyl (C=O) groups is 1. The molecule has 128 valence electrons. The Morgan fingerprint density at radius 2 is 2.04 bits per heavy atom. The van der Waals surface area contributed by atoms with E-state index >= 15 is 0 Å². The highest BCUT2D eigenvalue weighted by atomic mass is 16.3. The monoisotopic (exact) mass is 337 g/mol. The number of nitrogens with one attached hydrogen (secondary N) is 2. The minimum atomic E-state index is -0.304. The molecule has 0 aliphatic heterocycles. The maximum Gasteiger partial charge on any atom is 0.319 e. The zero-order valence-corrected chi connectivity index (χ0v) is 14.1. The van der Waals surface area contributed by atoms with Crippen molar-refractivity contribution >= 4 is 17.5 Å². The zero-order valence-electron chi connectivity index (χ0n) is 14.1. The molecule has 0 saturated carbocycles. The second-order valence-electron chi connectivity index (χ2n) is 5.61. The summed E-state index contributed by atoms with van der Waals surface area (Å²) < 4.78 is 5.26. The molecule has 3 aromatic rings. The van der Waals surface area contributed by atoms with E-state index in [4.69, 9.17) is 4.42 Å². The summed E-state index contributed by atoms with van der Waals surface area (Å²) in [7, 11) is 3.85. The lowest BCUT2D eigenvalue weighted by molar-refractivity contribution is 0.251. The predicted molar refractivity (Wildman–Crippen MR) is 96.4 cm³/mol. The molecule has 0 radical (unpaired) electrons. The van der Waals surface area contributed by atoms with Crippen molar-refractivity contribution < 1.29 is 9.21 Å². The fourth-order valence-corrected chi connectivity index (χ4v) is 2.26. The molecule has 7 heteroatoms. The first-order valence-electron chi connectivity index (χ1n) is 7.80. The summed E-state index contributed by atoms with van der Waals surface area (Å²) in [6, 6.07) is 12.7. The second kappa shape index (κ2) is 7.48. The third kappa shape index (κ3) is 4.35. The fourth-order valence-electron chi connectivity index (χ4n) is 2.26. The van der Waals surface area contributed by atoms with Crippen molar-refractivity contribution in [2.75, 3.05) is 24.3 Å². The van der Waals surface area contributed by atoms with E-state index in [2.05, 4.69) is 20.6 Å². The molecule has 2 amide bonds. The Morgan fingerprint density at radius 3 is 2.80 bits per heavy atom. The van der Waals surface area contributed by atoms with Crippen molar-refractivity contribution in [1.82, 2.24) is 15.3 Å². The molecule has 25 heavy (non-hydrogen) atoms. The van der Waals surface area contributed by atoms with Crippen LogP contribution in [0.25, 0.3) is 11.5 Å². The summed E-state index contributed by atoms with van der Waals surface area (Å²) in [5, 5.41) is 5.59. The molecule has 2 aromatic heterocycles. The van der Waals surface area contributed by atoms with Gasteiger partial charge in [0.25, 0.3) is 0 Å². The van der Waals surface area contributed by atoms with Gasteiger partial charge < -0.3 is 20.0 Å². The van der Waals surface area contributed by atoms with Gasteiger partial charge in [-0.1, -0.05) is 12.1 Å². The average Bonchev–Trinajstić information content (AvgIpc) is 3.15. The van der Waals surface area contributed by atoms with Gasteiger partial charge in [0.05, 0.1) is 18.4 Å². The van der Waals surface area contributed by atoms with E-state index in [1.54, 1.807) is 18.3 Å². The molecule has 3 rings (SSSR count). The molecule has 0 bridgehead atoms. The number of nitrogens with zero attached hydrogens (tertiary/aromatic N) is 3. The van der Waals surface area contributed by atoms with Crippen LogP contribution in [0.5, 0.6) is 0 Å². The molecule has 1 aromatic carbocycles. The third-order valence-corrected chi connectivity index (χ3v) is 3.48. The molecule has 0 spiro atoms. The Balaban J connectivity index is 1.60. The normalized spacial score (nSPS) is 10.3. The van der Waals surface area contributed by atoms with Crippen LogP contribution in [-0.4, -0.2) is 30.1 Å². The number of hydrogen-bond donors (Lipinski definition) is 2. The number of rotatable bonds is 5. The molecule has 0 saturated heterocycles. The van der Waals surface area contributed by atoms with Gasteiger partial charge >= 0.3 is 6.03 Å². The minimum absolute atomic E-state index is 0.304. The van der Waals surface area contributed by atoms with Crippen molar-refractivity contribution in [1.29, 1.82) is 0 Å². The second-order valence-corrected chi connectivity index (χ2v) is 5.61. The largest absolute Gasteiger partial charge is 0.445 e. The number of aromatic nitrogens is 2. The lowest BCUT2D eigenvalue weighted by atomic mass is 10.2. The highest BCUT2D eigenvalue weighted by Crippen LogP contribution is 2.20. The van der Waals surface area contributed by atoms with E-state index in [9.17, 15) is 4.79 Å². The number of carbonyl (C=O) groups excluding carboxylic acids is 1. The van der Waals surface area contributed by atoms with Gasteiger partial charge in [0.1, 0.15) is 12.1 Å². The van der Waals surface area contributed by atoms with Crippen LogP contribution < -0.4 is 15.5 Å². The summed E-state index contributed by atoms with van der Waals surface area (Å²) in [6.07, 6.45) is 3.09. The summed E-state index contributed by atoms with van der Waals surface area (Å²) >= 11 is 0. The minimum Gasteiger partial charge on any atom is -0.445 e. The number of amides is 2. The van der Waals surface area contributed by atoms with Gasteiger partial charge in [-0.3, -0.25) is 0 Å². The van der Waals surface area contributed by atoms with E-state index < -0.39 is 0 Å². The van der Waals surface area contributed by atoms with Gasteiger partial charge in [-0.25, -0.2) is 14.8 Å². The Bertz CT molecular complexity index is 846. The Morgan fingerprint density at radius 1 is 1.20 bits per heavy atom. The van der Waals surface area contributed by atoms with E-state index in [-0.39, 0.29) is 6.03 Å². The topological polar surface area (TPSA) is 83.3 Å². The molecular formula is C18H19N5O2. The van der Waals surface area contributed by atoms with Crippen LogP contribution in [0.2, 0.25) is 0 Å². The van der Waals surface area contributed by atoms with Crippen LogP contribution in [0.15, 0.2) is 59.3 Å². The van der Waals surface area contributed by atoms with Crippen LogP contribution in [-0.2, 0) is 6.54 Å². The van der Waals surface area contributed by atoms with Crippen molar-refractivity contribution in [2.45, 2.75) is 6.54 Å². The molecule has 0 fully saturated rings. The summed E-state index contributed by atoms with van der Waals surface area (Å²) in [5.74, 6) is 1.35. The van der Waals surface area contributed by atoms with Crippen LogP contribution >= 0.6 is 0 Å². The van der Waals surface area contributed by atoms with Crippen molar-refractivity contribution in [2.24, 2.45) is 0 Å². The summed E-state index contributed by atoms with van der Waals surface area (Å²) in [5.41, 5.74) is 2.24. The average molecular weight is 337 g/mol. The maximum atomic E-state index is 12.1. The van der Waals surface area contributed by atoms with E-state index in [1.807, 2.05) is 49.3 Å². The highest BCUT2D eigenvalue weighted by Gasteiger charge is 2.07. The Kier molecular flexibility index (Phi) is 4.94. The molecule has 7 nitrogen and oxygen atoms in total. The molecule has 0 aliphatic carbocycles. The van der Waals surface area contributed by atoms with Crippen LogP contribution in [0.4, 0.5) is 16.3 Å². The lowest BCUT2D eigenvalue weighted by Gasteiger charge is -2.13. The molecular weight excluding hydrogens is 318 g/mol. The zero-order chi connectivity index (χ0) is 17.6. The number of urea groups is 1. The van der Waals surface area contributed by atoms with Gasteiger partial charge in [-0.2, -0.15) is 0 Å². The van der Waals surface area contributed by atoms with E-state index in [1.165, 1.54) is 6.26 Å². The first-order chi connectivity index (χ1) is 12.1. The maximum absolute atomic E-state index is 12.1. The van der Waals surface area contributed by atoms with Crippen molar-refractivity contribution in [3.05, 3.63) is 60.6 Å². The molecule has 0 atom stereocenters. The number of anilines is 2. The lowest BCUT2D eigenvalue weighted by Crippen LogP contribution is -2.28. The molecule has 0 aliphatic rings. The smallest absolute Gasteiger partial charge is 0.319 e. The van der Waals surface area contributed by atoms with Gasteiger partial charge in [-0.15, -0.1) is 0 Å². The summed E-state index contributed by atoms with van der Waals surface area (Å²) in [6.45, 7) is 0.340. The highest BCUT2D eigenvalue weighted by molar-refractivity contribution is 5.89. The number of oxazole rings is 1. The van der Waals surface area contributed by atoms with Crippen molar-refractivity contribution in [3.8, 4) is 11.5 Å². The first kappa shape index (κ1) is 16.5. The predicted octanol–water partition coefficient (Wildman–Crippen LogP) is 3.12. The van der Waals surface area contributed by atoms with E-state index in [0.717, 1.165) is 17.1 Å². The Labute approximate surface area is 145 Å². The number of pyridine rings is 1. The van der Waals surface area contributed by atoms with Crippen LogP contribution in [0, 0.1) is 0 Å². The quantitative estimate of drug-likeness (QED) is 0.747. The SMILES string of the molecule is CN(C)c1cccc(CNC(=O)Nc2cccc(-c3ncco3)c2)n1. The summed E-state index contributed by atoms with van der Waals surface area (Å²) in [4.78, 5) is 22.6.